The van der Waals surface area contributed by atoms with Crippen LogP contribution in [0.1, 0.15) is 28.4 Å². The summed E-state index contributed by atoms with van der Waals surface area (Å²) in [7, 11) is 1.66. The SMILES string of the molecule is COc1ccccc1N1CCN(C(=O)CCN(Cc2ccco2)C(=O)c2cnc(C)cn2)CC1. The van der Waals surface area contributed by atoms with Crippen molar-refractivity contribution in [3.05, 3.63) is 72.2 Å². The lowest BCUT2D eigenvalue weighted by molar-refractivity contribution is -0.131. The van der Waals surface area contributed by atoms with Gasteiger partial charge in [-0.25, -0.2) is 4.98 Å². The van der Waals surface area contributed by atoms with Gasteiger partial charge in [0, 0.05) is 45.3 Å². The van der Waals surface area contributed by atoms with Crippen LogP contribution in [0.25, 0.3) is 0 Å². The number of carbonyl (C=O) groups is 2. The Morgan fingerprint density at radius 3 is 2.53 bits per heavy atom. The Hall–Kier alpha value is -3.88. The van der Waals surface area contributed by atoms with Crippen LogP contribution < -0.4 is 9.64 Å². The van der Waals surface area contributed by atoms with Crippen molar-refractivity contribution in [2.45, 2.75) is 19.9 Å². The summed E-state index contributed by atoms with van der Waals surface area (Å²) in [5.41, 5.74) is 2.01. The number of ether oxygens (including phenoxy) is 1. The Balaban J connectivity index is 1.36. The molecule has 0 bridgehead atoms. The second-order valence-corrected chi connectivity index (χ2v) is 8.14. The number of methoxy groups -OCH3 is 1. The summed E-state index contributed by atoms with van der Waals surface area (Å²) >= 11 is 0. The summed E-state index contributed by atoms with van der Waals surface area (Å²) in [4.78, 5) is 40.1. The van der Waals surface area contributed by atoms with E-state index in [2.05, 4.69) is 14.9 Å². The number of benzene rings is 1. The number of rotatable bonds is 8. The molecule has 0 N–H and O–H groups in total. The maximum atomic E-state index is 13.1. The highest BCUT2D eigenvalue weighted by Gasteiger charge is 2.25. The molecule has 2 aromatic heterocycles. The molecule has 1 saturated heterocycles. The van der Waals surface area contributed by atoms with Crippen LogP contribution in [0.4, 0.5) is 5.69 Å². The smallest absolute Gasteiger partial charge is 0.274 e. The third-order valence-electron chi connectivity index (χ3n) is 5.87. The number of aryl methyl sites for hydroxylation is 1. The maximum Gasteiger partial charge on any atom is 0.274 e. The van der Waals surface area contributed by atoms with Crippen LogP contribution in [0.2, 0.25) is 0 Å². The molecule has 1 aliphatic rings. The van der Waals surface area contributed by atoms with E-state index in [0.29, 0.717) is 18.8 Å². The van der Waals surface area contributed by atoms with Crippen LogP contribution in [0, 0.1) is 6.92 Å². The molecule has 4 rings (SSSR count). The average Bonchev–Trinajstić information content (AvgIpc) is 3.39. The van der Waals surface area contributed by atoms with Gasteiger partial charge < -0.3 is 23.9 Å². The van der Waals surface area contributed by atoms with Crippen molar-refractivity contribution in [3.8, 4) is 5.75 Å². The highest BCUT2D eigenvalue weighted by atomic mass is 16.5. The molecule has 178 valence electrons. The van der Waals surface area contributed by atoms with Gasteiger partial charge in [0.25, 0.3) is 5.91 Å². The molecule has 1 aromatic carbocycles. The second-order valence-electron chi connectivity index (χ2n) is 8.14. The predicted octanol–water partition coefficient (Wildman–Crippen LogP) is 2.77. The number of hydrogen-bond donors (Lipinski definition) is 0. The first-order valence-corrected chi connectivity index (χ1v) is 11.3. The molecule has 3 aromatic rings. The van der Waals surface area contributed by atoms with Crippen molar-refractivity contribution in [1.29, 1.82) is 0 Å². The van der Waals surface area contributed by atoms with Gasteiger partial charge in [0.1, 0.15) is 17.2 Å². The molecule has 0 spiro atoms. The van der Waals surface area contributed by atoms with Crippen LogP contribution in [-0.2, 0) is 11.3 Å². The van der Waals surface area contributed by atoms with Gasteiger partial charge in [-0.1, -0.05) is 12.1 Å². The number of hydrogen-bond acceptors (Lipinski definition) is 7. The van der Waals surface area contributed by atoms with Crippen molar-refractivity contribution < 1.29 is 18.7 Å². The van der Waals surface area contributed by atoms with Crippen molar-refractivity contribution in [3.63, 3.8) is 0 Å². The fourth-order valence-electron chi connectivity index (χ4n) is 3.98. The summed E-state index contributed by atoms with van der Waals surface area (Å²) < 4.78 is 10.9. The minimum Gasteiger partial charge on any atom is -0.495 e. The van der Waals surface area contributed by atoms with Gasteiger partial charge in [-0.3, -0.25) is 14.6 Å². The summed E-state index contributed by atoms with van der Waals surface area (Å²) in [6, 6.07) is 11.5. The van der Waals surface area contributed by atoms with Crippen molar-refractivity contribution in [2.24, 2.45) is 0 Å². The average molecular weight is 464 g/mol. The lowest BCUT2D eigenvalue weighted by Crippen LogP contribution is -2.49. The summed E-state index contributed by atoms with van der Waals surface area (Å²) in [6.45, 7) is 5.02. The van der Waals surface area contributed by atoms with Crippen LogP contribution in [0.3, 0.4) is 0 Å². The molecular formula is C25H29N5O4. The Morgan fingerprint density at radius 1 is 1.06 bits per heavy atom. The zero-order valence-electron chi connectivity index (χ0n) is 19.5. The quantitative estimate of drug-likeness (QED) is 0.507. The summed E-state index contributed by atoms with van der Waals surface area (Å²) in [5.74, 6) is 1.21. The van der Waals surface area contributed by atoms with Crippen molar-refractivity contribution in [1.82, 2.24) is 19.8 Å². The van der Waals surface area contributed by atoms with E-state index in [-0.39, 0.29) is 37.0 Å². The number of aromatic nitrogens is 2. The van der Waals surface area contributed by atoms with E-state index in [4.69, 9.17) is 9.15 Å². The van der Waals surface area contributed by atoms with E-state index in [1.165, 1.54) is 6.20 Å². The minimum absolute atomic E-state index is 0.0203. The van der Waals surface area contributed by atoms with E-state index < -0.39 is 0 Å². The number of carbonyl (C=O) groups excluding carboxylic acids is 2. The standard InChI is InChI=1S/C25H29N5O4/c1-19-16-27-21(17-26-19)25(32)30(18-20-6-5-15-34-20)10-9-24(31)29-13-11-28(12-14-29)22-7-3-4-8-23(22)33-2/h3-8,15-17H,9-14,18H2,1-2H3. The molecule has 9 nitrogen and oxygen atoms in total. The molecule has 1 fully saturated rings. The Labute approximate surface area is 199 Å². The monoisotopic (exact) mass is 463 g/mol. The van der Waals surface area contributed by atoms with E-state index in [1.54, 1.807) is 36.6 Å². The van der Waals surface area contributed by atoms with Gasteiger partial charge >= 0.3 is 0 Å². The molecule has 0 saturated carbocycles. The van der Waals surface area contributed by atoms with Crippen LogP contribution in [0.15, 0.2) is 59.5 Å². The van der Waals surface area contributed by atoms with Crippen LogP contribution in [0.5, 0.6) is 5.75 Å². The number of nitrogens with zero attached hydrogens (tertiary/aromatic N) is 5. The van der Waals surface area contributed by atoms with Gasteiger partial charge in [-0.15, -0.1) is 0 Å². The number of piperazine rings is 1. The van der Waals surface area contributed by atoms with Crippen molar-refractivity contribution >= 4 is 17.5 Å². The normalized spacial score (nSPS) is 13.6. The molecule has 9 heteroatoms. The lowest BCUT2D eigenvalue weighted by Gasteiger charge is -2.37. The fraction of sp³-hybridized carbons (Fsp3) is 0.360. The summed E-state index contributed by atoms with van der Waals surface area (Å²) in [5, 5.41) is 0. The van der Waals surface area contributed by atoms with Gasteiger partial charge in [-0.05, 0) is 31.2 Å². The van der Waals surface area contributed by atoms with E-state index in [0.717, 1.165) is 30.2 Å². The van der Waals surface area contributed by atoms with E-state index >= 15 is 0 Å². The second kappa shape index (κ2) is 10.8. The molecule has 2 amide bonds. The Morgan fingerprint density at radius 2 is 1.85 bits per heavy atom. The summed E-state index contributed by atoms with van der Waals surface area (Å²) in [6.07, 6.45) is 4.81. The third-order valence-corrected chi connectivity index (χ3v) is 5.87. The molecule has 3 heterocycles. The minimum atomic E-state index is -0.280. The molecule has 0 atom stereocenters. The Bertz CT molecular complexity index is 1090. The molecule has 1 aliphatic heterocycles. The molecule has 0 aliphatic carbocycles. The number of furan rings is 1. The Kier molecular flexibility index (Phi) is 7.41. The van der Waals surface area contributed by atoms with E-state index in [9.17, 15) is 9.59 Å². The lowest BCUT2D eigenvalue weighted by atomic mass is 10.2. The fourth-order valence-corrected chi connectivity index (χ4v) is 3.98. The highest BCUT2D eigenvalue weighted by Crippen LogP contribution is 2.28. The molecule has 0 radical (unpaired) electrons. The number of anilines is 1. The molecular weight excluding hydrogens is 434 g/mol. The van der Waals surface area contributed by atoms with Crippen LogP contribution >= 0.6 is 0 Å². The molecule has 34 heavy (non-hydrogen) atoms. The zero-order chi connectivity index (χ0) is 23.9. The van der Waals surface area contributed by atoms with Gasteiger partial charge in [0.2, 0.25) is 5.91 Å². The van der Waals surface area contributed by atoms with E-state index in [1.807, 2.05) is 36.1 Å². The van der Waals surface area contributed by atoms with Crippen molar-refractivity contribution in [2.75, 3.05) is 44.7 Å². The maximum absolute atomic E-state index is 13.1. The first kappa shape index (κ1) is 23.3. The number of para-hydroxylation sites is 2. The topological polar surface area (TPSA) is 92.0 Å². The third kappa shape index (κ3) is 5.54. The zero-order valence-corrected chi connectivity index (χ0v) is 19.5. The largest absolute Gasteiger partial charge is 0.495 e. The van der Waals surface area contributed by atoms with Crippen LogP contribution in [-0.4, -0.2) is 71.4 Å². The van der Waals surface area contributed by atoms with Gasteiger partial charge in [0.05, 0.1) is 37.5 Å². The first-order chi connectivity index (χ1) is 16.5. The van der Waals surface area contributed by atoms with Gasteiger partial charge in [0.15, 0.2) is 0 Å². The highest BCUT2D eigenvalue weighted by molar-refractivity contribution is 5.92. The predicted molar refractivity (Wildman–Crippen MR) is 127 cm³/mol. The molecule has 0 unspecified atom stereocenters. The first-order valence-electron chi connectivity index (χ1n) is 11.3. The van der Waals surface area contributed by atoms with Gasteiger partial charge in [-0.2, -0.15) is 0 Å². The number of amides is 2.